The highest BCUT2D eigenvalue weighted by Gasteiger charge is 2.14. The van der Waals surface area contributed by atoms with E-state index in [-0.39, 0.29) is 11.4 Å². The predicted molar refractivity (Wildman–Crippen MR) is 137 cm³/mol. The van der Waals surface area contributed by atoms with Gasteiger partial charge < -0.3 is 20.9 Å². The van der Waals surface area contributed by atoms with E-state index in [4.69, 9.17) is 20.9 Å². The molecule has 0 spiro atoms. The van der Waals surface area contributed by atoms with E-state index in [2.05, 4.69) is 14.9 Å². The number of nitrogen functional groups attached to an aromatic ring is 2. The fourth-order valence-electron chi connectivity index (χ4n) is 4.30. The van der Waals surface area contributed by atoms with Gasteiger partial charge in [-0.15, -0.1) is 0 Å². The van der Waals surface area contributed by atoms with Gasteiger partial charge in [0.1, 0.15) is 23.2 Å². The first-order valence-electron chi connectivity index (χ1n) is 11.8. The molecular weight excluding hydrogens is 464 g/mol. The molecule has 9 heteroatoms. The van der Waals surface area contributed by atoms with Crippen molar-refractivity contribution in [3.8, 4) is 28.3 Å². The summed E-state index contributed by atoms with van der Waals surface area (Å²) in [6.07, 6.45) is 0.862. The molecule has 186 valence electrons. The fourth-order valence-corrected chi connectivity index (χ4v) is 4.30. The second-order valence-electron chi connectivity index (χ2n) is 8.70. The maximum absolute atomic E-state index is 14.3. The van der Waals surface area contributed by atoms with Crippen molar-refractivity contribution in [2.75, 3.05) is 50.9 Å². The second kappa shape index (κ2) is 10.4. The molecule has 36 heavy (non-hydrogen) atoms. The molecule has 7 nitrogen and oxygen atoms in total. The van der Waals surface area contributed by atoms with E-state index in [9.17, 15) is 8.78 Å². The van der Waals surface area contributed by atoms with Crippen LogP contribution in [0.3, 0.4) is 0 Å². The Labute approximate surface area is 207 Å². The monoisotopic (exact) mass is 491 g/mol. The molecule has 1 saturated heterocycles. The van der Waals surface area contributed by atoms with Crippen molar-refractivity contribution in [2.24, 2.45) is 0 Å². The lowest BCUT2D eigenvalue weighted by Gasteiger charge is -2.26. The van der Waals surface area contributed by atoms with Gasteiger partial charge in [-0.05, 0) is 36.2 Å². The molecule has 0 atom stereocenters. The Balaban J connectivity index is 1.38. The SMILES string of the molecule is Nc1cc2c(N)nc(-c3cccc(-c4ccc(F)cc4F)c3)nc2cc1OCCCN1CCOCC1. The first-order chi connectivity index (χ1) is 17.5. The molecule has 1 fully saturated rings. The maximum atomic E-state index is 14.3. The van der Waals surface area contributed by atoms with Gasteiger partial charge in [0.2, 0.25) is 0 Å². The summed E-state index contributed by atoms with van der Waals surface area (Å²) in [6.45, 7) is 4.86. The minimum atomic E-state index is -0.642. The molecule has 5 rings (SSSR count). The molecule has 1 aliphatic heterocycles. The first-order valence-corrected chi connectivity index (χ1v) is 11.8. The smallest absolute Gasteiger partial charge is 0.162 e. The maximum Gasteiger partial charge on any atom is 0.162 e. The van der Waals surface area contributed by atoms with Gasteiger partial charge in [0, 0.05) is 48.3 Å². The Morgan fingerprint density at radius 1 is 0.944 bits per heavy atom. The standard InChI is InChI=1S/C27H27F2N5O2/c28-19-5-6-20(22(29)14-19)17-3-1-4-18(13-17)27-32-24-16-25(23(30)15-21(24)26(31)33-27)36-10-2-7-34-8-11-35-12-9-34/h1,3-6,13-16H,2,7-12,30H2,(H2,31,32,33). The highest BCUT2D eigenvalue weighted by molar-refractivity contribution is 5.93. The zero-order chi connectivity index (χ0) is 25.1. The zero-order valence-electron chi connectivity index (χ0n) is 19.7. The Bertz CT molecular complexity index is 1390. The minimum Gasteiger partial charge on any atom is -0.491 e. The molecule has 0 amide bonds. The number of rotatable bonds is 7. The lowest BCUT2D eigenvalue weighted by atomic mass is 10.0. The Morgan fingerprint density at radius 3 is 2.56 bits per heavy atom. The molecule has 0 bridgehead atoms. The van der Waals surface area contributed by atoms with Gasteiger partial charge in [-0.25, -0.2) is 18.7 Å². The van der Waals surface area contributed by atoms with Crippen LogP contribution in [-0.2, 0) is 4.74 Å². The Hall–Kier alpha value is -3.82. The van der Waals surface area contributed by atoms with Crippen LogP contribution in [0.5, 0.6) is 5.75 Å². The summed E-state index contributed by atoms with van der Waals surface area (Å²) in [4.78, 5) is 11.5. The summed E-state index contributed by atoms with van der Waals surface area (Å²) in [7, 11) is 0. The van der Waals surface area contributed by atoms with E-state index >= 15 is 0 Å². The van der Waals surface area contributed by atoms with Crippen LogP contribution < -0.4 is 16.2 Å². The van der Waals surface area contributed by atoms with Gasteiger partial charge >= 0.3 is 0 Å². The molecule has 2 heterocycles. The third kappa shape index (κ3) is 5.22. The molecule has 3 aromatic carbocycles. The number of nitrogens with two attached hydrogens (primary N) is 2. The molecule has 1 aliphatic rings. The normalized spacial score (nSPS) is 14.3. The number of hydrogen-bond donors (Lipinski definition) is 2. The number of morpholine rings is 1. The molecular formula is C27H27F2N5O2. The van der Waals surface area contributed by atoms with E-state index in [1.54, 1.807) is 30.3 Å². The minimum absolute atomic E-state index is 0.277. The summed E-state index contributed by atoms with van der Waals surface area (Å²) in [5.41, 5.74) is 15.0. The van der Waals surface area contributed by atoms with E-state index in [0.29, 0.717) is 45.9 Å². The third-order valence-corrected chi connectivity index (χ3v) is 6.20. The molecule has 4 N–H and O–H groups in total. The lowest BCUT2D eigenvalue weighted by Crippen LogP contribution is -2.37. The van der Waals surface area contributed by atoms with Crippen LogP contribution in [0.25, 0.3) is 33.4 Å². The van der Waals surface area contributed by atoms with Crippen molar-refractivity contribution in [2.45, 2.75) is 6.42 Å². The Morgan fingerprint density at radius 2 is 1.75 bits per heavy atom. The summed E-state index contributed by atoms with van der Waals surface area (Å²) in [5, 5.41) is 0.623. The summed E-state index contributed by atoms with van der Waals surface area (Å²) < 4.78 is 39.0. The number of fused-ring (bicyclic) bond motifs is 1. The number of ether oxygens (including phenoxy) is 2. The van der Waals surface area contributed by atoms with Crippen LogP contribution in [0, 0.1) is 11.6 Å². The molecule has 0 unspecified atom stereocenters. The Kier molecular flexibility index (Phi) is 6.92. The van der Waals surface area contributed by atoms with E-state index < -0.39 is 11.6 Å². The van der Waals surface area contributed by atoms with E-state index in [0.717, 1.165) is 45.3 Å². The van der Waals surface area contributed by atoms with Gasteiger partial charge in [-0.1, -0.05) is 18.2 Å². The van der Waals surface area contributed by atoms with Crippen molar-refractivity contribution in [1.82, 2.24) is 14.9 Å². The second-order valence-corrected chi connectivity index (χ2v) is 8.70. The molecule has 0 aliphatic carbocycles. The van der Waals surface area contributed by atoms with Crippen molar-refractivity contribution in [1.29, 1.82) is 0 Å². The van der Waals surface area contributed by atoms with Crippen LogP contribution in [0.1, 0.15) is 6.42 Å². The van der Waals surface area contributed by atoms with Crippen LogP contribution in [-0.4, -0.2) is 54.3 Å². The number of benzene rings is 3. The fraction of sp³-hybridized carbons (Fsp3) is 0.259. The highest BCUT2D eigenvalue weighted by atomic mass is 19.1. The van der Waals surface area contributed by atoms with E-state index in [1.807, 2.05) is 6.07 Å². The van der Waals surface area contributed by atoms with Crippen LogP contribution in [0.2, 0.25) is 0 Å². The highest BCUT2D eigenvalue weighted by Crippen LogP contribution is 2.33. The molecule has 0 radical (unpaired) electrons. The van der Waals surface area contributed by atoms with Gasteiger partial charge in [0.25, 0.3) is 0 Å². The van der Waals surface area contributed by atoms with E-state index in [1.165, 1.54) is 12.1 Å². The number of halogens is 2. The first kappa shape index (κ1) is 23.9. The van der Waals surface area contributed by atoms with Crippen molar-refractivity contribution in [3.63, 3.8) is 0 Å². The van der Waals surface area contributed by atoms with Gasteiger partial charge in [-0.3, -0.25) is 4.90 Å². The van der Waals surface area contributed by atoms with Crippen molar-refractivity contribution < 1.29 is 18.3 Å². The number of aromatic nitrogens is 2. The summed E-state index contributed by atoms with van der Waals surface area (Å²) >= 11 is 0. The molecule has 0 saturated carbocycles. The number of nitrogens with zero attached hydrogens (tertiary/aromatic N) is 3. The number of anilines is 2. The quantitative estimate of drug-likeness (QED) is 0.290. The van der Waals surface area contributed by atoms with Crippen LogP contribution in [0.15, 0.2) is 54.6 Å². The summed E-state index contributed by atoms with van der Waals surface area (Å²) in [6, 6.07) is 14.0. The van der Waals surface area contributed by atoms with Crippen LogP contribution in [0.4, 0.5) is 20.3 Å². The van der Waals surface area contributed by atoms with Gasteiger partial charge in [0.05, 0.1) is 31.0 Å². The van der Waals surface area contributed by atoms with Crippen LogP contribution >= 0.6 is 0 Å². The lowest BCUT2D eigenvalue weighted by molar-refractivity contribution is 0.0358. The largest absolute Gasteiger partial charge is 0.491 e. The molecule has 4 aromatic rings. The third-order valence-electron chi connectivity index (χ3n) is 6.20. The average Bonchev–Trinajstić information content (AvgIpc) is 2.88. The predicted octanol–water partition coefficient (Wildman–Crippen LogP) is 4.51. The van der Waals surface area contributed by atoms with Crippen molar-refractivity contribution >= 4 is 22.4 Å². The summed E-state index contributed by atoms with van der Waals surface area (Å²) in [5.74, 6) is -0.0737. The topological polar surface area (TPSA) is 99.5 Å². The zero-order valence-corrected chi connectivity index (χ0v) is 19.7. The number of hydrogen-bond acceptors (Lipinski definition) is 7. The van der Waals surface area contributed by atoms with Crippen molar-refractivity contribution in [3.05, 3.63) is 66.2 Å². The molecule has 1 aromatic heterocycles. The average molecular weight is 492 g/mol. The van der Waals surface area contributed by atoms with Gasteiger partial charge in [-0.2, -0.15) is 0 Å². The van der Waals surface area contributed by atoms with Gasteiger partial charge in [0.15, 0.2) is 5.82 Å².